The molecule has 3 rings (SSSR count). The van der Waals surface area contributed by atoms with E-state index in [2.05, 4.69) is 15.3 Å². The maximum Gasteiger partial charge on any atom is 0.280 e. The molecule has 1 N–H and O–H groups in total. The first-order valence-electron chi connectivity index (χ1n) is 9.50. The number of ether oxygens (including phenoxy) is 3. The molecule has 0 unspecified atom stereocenters. The summed E-state index contributed by atoms with van der Waals surface area (Å²) in [5.74, 6) is 0.902. The lowest BCUT2D eigenvalue weighted by molar-refractivity contribution is 0.101. The smallest absolute Gasteiger partial charge is 0.280 e. The predicted octanol–water partition coefficient (Wildman–Crippen LogP) is 4.30. The molecule has 0 bridgehead atoms. The number of methoxy groups -OCH3 is 1. The maximum atomic E-state index is 13.0. The van der Waals surface area contributed by atoms with E-state index < -0.39 is 5.91 Å². The lowest BCUT2D eigenvalue weighted by Gasteiger charge is -2.14. The first kappa shape index (κ1) is 20.4. The number of amides is 1. The minimum absolute atomic E-state index is 0.104. The molecule has 7 nitrogen and oxygen atoms in total. The Bertz CT molecular complexity index is 1050. The molecule has 2 aromatic carbocycles. The van der Waals surface area contributed by atoms with E-state index in [0.29, 0.717) is 41.4 Å². The number of carbonyl (C=O) groups excluding carboxylic acids is 1. The number of hydrogen-bond acceptors (Lipinski definition) is 6. The summed E-state index contributed by atoms with van der Waals surface area (Å²) < 4.78 is 16.5. The zero-order valence-electron chi connectivity index (χ0n) is 17.3. The van der Waals surface area contributed by atoms with Crippen LogP contribution in [0.2, 0.25) is 0 Å². The number of rotatable bonds is 7. The lowest BCUT2D eigenvalue weighted by Crippen LogP contribution is -2.17. The van der Waals surface area contributed by atoms with E-state index >= 15 is 0 Å². The summed E-state index contributed by atoms with van der Waals surface area (Å²) in [4.78, 5) is 22.0. The summed E-state index contributed by atoms with van der Waals surface area (Å²) in [6.45, 7) is 8.76. The number of hydrogen-bond donors (Lipinski definition) is 1. The van der Waals surface area contributed by atoms with Crippen LogP contribution in [0.15, 0.2) is 30.3 Å². The van der Waals surface area contributed by atoms with Gasteiger partial charge in [-0.1, -0.05) is 0 Å². The Balaban J connectivity index is 2.01. The molecule has 3 aromatic rings. The molecular weight excluding hydrogens is 370 g/mol. The highest BCUT2D eigenvalue weighted by atomic mass is 16.5. The molecule has 0 aliphatic heterocycles. The van der Waals surface area contributed by atoms with Crippen LogP contribution in [0.25, 0.3) is 11.0 Å². The molecule has 0 fully saturated rings. The van der Waals surface area contributed by atoms with Crippen LogP contribution in [0.1, 0.15) is 35.5 Å². The van der Waals surface area contributed by atoms with E-state index in [0.717, 1.165) is 11.1 Å². The van der Waals surface area contributed by atoms with Crippen molar-refractivity contribution in [3.63, 3.8) is 0 Å². The summed E-state index contributed by atoms with van der Waals surface area (Å²) in [6, 6.07) is 9.13. The zero-order valence-corrected chi connectivity index (χ0v) is 17.3. The van der Waals surface area contributed by atoms with Crippen LogP contribution in [0, 0.1) is 13.8 Å². The van der Waals surface area contributed by atoms with Gasteiger partial charge >= 0.3 is 0 Å². The van der Waals surface area contributed by atoms with Gasteiger partial charge in [0.05, 0.1) is 37.0 Å². The number of aryl methyl sites for hydroxylation is 2. The molecule has 1 aromatic heterocycles. The molecule has 0 spiro atoms. The molecule has 0 saturated heterocycles. The highest BCUT2D eigenvalue weighted by Crippen LogP contribution is 2.31. The van der Waals surface area contributed by atoms with Gasteiger partial charge in [-0.25, -0.2) is 9.97 Å². The van der Waals surface area contributed by atoms with Gasteiger partial charge in [0.2, 0.25) is 5.88 Å². The van der Waals surface area contributed by atoms with Crippen molar-refractivity contribution in [1.29, 1.82) is 0 Å². The Morgan fingerprint density at radius 1 is 0.966 bits per heavy atom. The monoisotopic (exact) mass is 395 g/mol. The minimum Gasteiger partial charge on any atom is -0.494 e. The van der Waals surface area contributed by atoms with Crippen LogP contribution in [0.5, 0.6) is 17.4 Å². The number of nitrogens with zero attached hydrogens (tertiary/aromatic N) is 2. The second-order valence-electron chi connectivity index (χ2n) is 6.48. The second kappa shape index (κ2) is 8.77. The largest absolute Gasteiger partial charge is 0.494 e. The fourth-order valence-electron chi connectivity index (χ4n) is 2.91. The van der Waals surface area contributed by atoms with Gasteiger partial charge in [0, 0.05) is 6.07 Å². The molecule has 0 atom stereocenters. The third kappa shape index (κ3) is 4.39. The topological polar surface area (TPSA) is 82.6 Å². The normalized spacial score (nSPS) is 10.7. The van der Waals surface area contributed by atoms with E-state index in [-0.39, 0.29) is 11.6 Å². The van der Waals surface area contributed by atoms with Crippen LogP contribution in [0.3, 0.4) is 0 Å². The molecule has 1 amide bonds. The van der Waals surface area contributed by atoms with Crippen LogP contribution >= 0.6 is 0 Å². The van der Waals surface area contributed by atoms with Gasteiger partial charge in [-0.05, 0) is 63.1 Å². The van der Waals surface area contributed by atoms with Gasteiger partial charge < -0.3 is 19.5 Å². The Hall–Kier alpha value is -3.35. The molecule has 0 radical (unpaired) electrons. The molecule has 0 saturated carbocycles. The Labute approximate surface area is 170 Å². The average Bonchev–Trinajstić information content (AvgIpc) is 2.70. The van der Waals surface area contributed by atoms with E-state index in [1.165, 1.54) is 7.11 Å². The highest BCUT2D eigenvalue weighted by Gasteiger charge is 2.20. The number of fused-ring (bicyclic) bond motifs is 1. The van der Waals surface area contributed by atoms with Crippen molar-refractivity contribution in [3.05, 3.63) is 47.2 Å². The van der Waals surface area contributed by atoms with Crippen LogP contribution in [-0.2, 0) is 0 Å². The fraction of sp³-hybridized carbons (Fsp3) is 0.318. The number of anilines is 1. The Kier molecular flexibility index (Phi) is 6.16. The standard InChI is InChI=1S/C22H25N3O4/c1-6-28-15-8-9-19(29-7-2)18(12-15)24-21(26)20-22(27-5)25-17-11-14(4)13(3)10-16(17)23-20/h8-12H,6-7H2,1-5H3,(H,24,26). The predicted molar refractivity (Wildman–Crippen MR) is 112 cm³/mol. The third-order valence-electron chi connectivity index (χ3n) is 4.47. The highest BCUT2D eigenvalue weighted by molar-refractivity contribution is 6.06. The van der Waals surface area contributed by atoms with Gasteiger partial charge in [0.1, 0.15) is 11.5 Å². The van der Waals surface area contributed by atoms with Crippen molar-refractivity contribution >= 4 is 22.6 Å². The Morgan fingerprint density at radius 3 is 2.24 bits per heavy atom. The molecule has 152 valence electrons. The summed E-state index contributed by atoms with van der Waals surface area (Å²) in [5.41, 5.74) is 4.08. The summed E-state index contributed by atoms with van der Waals surface area (Å²) in [6.07, 6.45) is 0. The third-order valence-corrected chi connectivity index (χ3v) is 4.47. The van der Waals surface area contributed by atoms with Crippen molar-refractivity contribution in [2.75, 3.05) is 25.6 Å². The summed E-state index contributed by atoms with van der Waals surface area (Å²) in [5, 5.41) is 2.85. The van der Waals surface area contributed by atoms with E-state index in [1.807, 2.05) is 39.8 Å². The molecule has 7 heteroatoms. The maximum absolute atomic E-state index is 13.0. The number of benzene rings is 2. The van der Waals surface area contributed by atoms with Crippen LogP contribution in [-0.4, -0.2) is 36.2 Å². The molecule has 0 aliphatic rings. The van der Waals surface area contributed by atoms with Gasteiger partial charge in [-0.3, -0.25) is 4.79 Å². The van der Waals surface area contributed by atoms with Gasteiger partial charge in [-0.15, -0.1) is 0 Å². The number of aromatic nitrogens is 2. The van der Waals surface area contributed by atoms with Crippen molar-refractivity contribution in [3.8, 4) is 17.4 Å². The summed E-state index contributed by atoms with van der Waals surface area (Å²) in [7, 11) is 1.47. The zero-order chi connectivity index (χ0) is 21.0. The first-order valence-corrected chi connectivity index (χ1v) is 9.50. The Morgan fingerprint density at radius 2 is 1.62 bits per heavy atom. The quantitative estimate of drug-likeness (QED) is 0.642. The van der Waals surface area contributed by atoms with E-state index in [1.54, 1.807) is 18.2 Å². The SMILES string of the molecule is CCOc1ccc(OCC)c(NC(=O)c2nc3cc(C)c(C)cc3nc2OC)c1. The molecular formula is C22H25N3O4. The van der Waals surface area contributed by atoms with Gasteiger partial charge in [0.15, 0.2) is 5.69 Å². The van der Waals surface area contributed by atoms with E-state index in [4.69, 9.17) is 14.2 Å². The minimum atomic E-state index is -0.441. The van der Waals surface area contributed by atoms with Crippen molar-refractivity contribution in [1.82, 2.24) is 9.97 Å². The van der Waals surface area contributed by atoms with Crippen LogP contribution in [0.4, 0.5) is 5.69 Å². The summed E-state index contributed by atoms with van der Waals surface area (Å²) >= 11 is 0. The van der Waals surface area contributed by atoms with Crippen LogP contribution < -0.4 is 19.5 Å². The fourth-order valence-corrected chi connectivity index (χ4v) is 2.91. The number of nitrogens with one attached hydrogen (secondary N) is 1. The molecule has 1 heterocycles. The lowest BCUT2D eigenvalue weighted by atomic mass is 10.1. The second-order valence-corrected chi connectivity index (χ2v) is 6.48. The van der Waals surface area contributed by atoms with Gasteiger partial charge in [-0.2, -0.15) is 0 Å². The molecule has 29 heavy (non-hydrogen) atoms. The van der Waals surface area contributed by atoms with E-state index in [9.17, 15) is 4.79 Å². The first-order chi connectivity index (χ1) is 14.0. The van der Waals surface area contributed by atoms with Gasteiger partial charge in [0.25, 0.3) is 5.91 Å². The number of carbonyl (C=O) groups is 1. The molecule has 0 aliphatic carbocycles. The van der Waals surface area contributed by atoms with Crippen molar-refractivity contribution < 1.29 is 19.0 Å². The van der Waals surface area contributed by atoms with Crippen molar-refractivity contribution in [2.24, 2.45) is 0 Å². The average molecular weight is 395 g/mol. The van der Waals surface area contributed by atoms with Crippen molar-refractivity contribution in [2.45, 2.75) is 27.7 Å².